The Morgan fingerprint density at radius 1 is 1.43 bits per heavy atom. The Morgan fingerprint density at radius 3 is 2.93 bits per heavy atom. The maximum atomic E-state index is 6.02. The molecule has 0 unspecified atom stereocenters. The predicted octanol–water partition coefficient (Wildman–Crippen LogP) is 3.28. The van der Waals surface area contributed by atoms with Gasteiger partial charge in [0.25, 0.3) is 0 Å². The monoisotopic (exact) mass is 189 g/mol. The Balaban J connectivity index is 2.68. The molecule has 0 saturated carbocycles. The van der Waals surface area contributed by atoms with Crippen LogP contribution in [0.5, 0.6) is 0 Å². The van der Waals surface area contributed by atoms with Gasteiger partial charge < -0.3 is 10.2 Å². The van der Waals surface area contributed by atoms with Crippen LogP contribution in [0.4, 0.5) is 5.69 Å². The van der Waals surface area contributed by atoms with Gasteiger partial charge in [0.2, 0.25) is 0 Å². The summed E-state index contributed by atoms with van der Waals surface area (Å²) in [7, 11) is 0. The van der Waals surface area contributed by atoms with E-state index in [1.807, 2.05) is 6.07 Å². The van der Waals surface area contributed by atoms with Crippen LogP contribution in [0, 0.1) is 6.92 Å². The molecule has 2 heteroatoms. The molecule has 0 aliphatic rings. The van der Waals surface area contributed by atoms with Crippen LogP contribution in [-0.2, 0) is 6.42 Å². The fourth-order valence-electron chi connectivity index (χ4n) is 1.87. The highest BCUT2D eigenvalue weighted by molar-refractivity contribution is 5.92. The minimum absolute atomic E-state index is 0.803. The van der Waals surface area contributed by atoms with Gasteiger partial charge >= 0.3 is 0 Å². The summed E-state index contributed by atoms with van der Waals surface area (Å²) < 4.78 is 5.39. The lowest BCUT2D eigenvalue weighted by Crippen LogP contribution is -1.95. The zero-order chi connectivity index (χ0) is 10.1. The van der Waals surface area contributed by atoms with E-state index in [0.717, 1.165) is 29.5 Å². The van der Waals surface area contributed by atoms with Crippen LogP contribution in [0.3, 0.4) is 0 Å². The molecule has 0 saturated heterocycles. The van der Waals surface area contributed by atoms with Gasteiger partial charge in [-0.1, -0.05) is 19.4 Å². The number of rotatable bonds is 2. The van der Waals surface area contributed by atoms with Gasteiger partial charge in [0.05, 0.1) is 12.0 Å². The molecule has 1 aromatic carbocycles. The molecule has 74 valence electrons. The van der Waals surface area contributed by atoms with Crippen LogP contribution in [0.2, 0.25) is 0 Å². The first kappa shape index (κ1) is 9.13. The molecule has 14 heavy (non-hydrogen) atoms. The van der Waals surface area contributed by atoms with Gasteiger partial charge in [-0.3, -0.25) is 0 Å². The number of hydrogen-bond acceptors (Lipinski definition) is 2. The summed E-state index contributed by atoms with van der Waals surface area (Å²) in [5.74, 6) is 0. The highest BCUT2D eigenvalue weighted by Gasteiger charge is 2.09. The van der Waals surface area contributed by atoms with Crippen molar-refractivity contribution in [1.29, 1.82) is 0 Å². The standard InChI is InChI=1S/C12H15NO/c1-3-4-9-7-8(2)10-5-6-14-12(10)11(9)13/h5-7H,3-4,13H2,1-2H3. The topological polar surface area (TPSA) is 39.2 Å². The zero-order valence-corrected chi connectivity index (χ0v) is 8.63. The van der Waals surface area contributed by atoms with Crippen molar-refractivity contribution in [3.8, 4) is 0 Å². The van der Waals surface area contributed by atoms with Crippen LogP contribution in [0.1, 0.15) is 24.5 Å². The van der Waals surface area contributed by atoms with E-state index in [4.69, 9.17) is 10.2 Å². The van der Waals surface area contributed by atoms with Gasteiger partial charge in [-0.05, 0) is 30.5 Å². The molecule has 0 aliphatic carbocycles. The second-order valence-corrected chi connectivity index (χ2v) is 3.68. The molecule has 2 aromatic rings. The fourth-order valence-corrected chi connectivity index (χ4v) is 1.87. The first-order chi connectivity index (χ1) is 6.74. The molecule has 2 nitrogen and oxygen atoms in total. The van der Waals surface area contributed by atoms with Crippen LogP contribution in [0.15, 0.2) is 22.8 Å². The molecule has 0 radical (unpaired) electrons. The van der Waals surface area contributed by atoms with E-state index >= 15 is 0 Å². The Hall–Kier alpha value is -1.44. The SMILES string of the molecule is CCCc1cc(C)c2ccoc2c1N. The van der Waals surface area contributed by atoms with Crippen molar-refractivity contribution in [3.05, 3.63) is 29.5 Å². The molecular formula is C12H15NO. The number of fused-ring (bicyclic) bond motifs is 1. The average molecular weight is 189 g/mol. The molecule has 0 spiro atoms. The van der Waals surface area contributed by atoms with Crippen molar-refractivity contribution >= 4 is 16.7 Å². The largest absolute Gasteiger partial charge is 0.462 e. The molecule has 2 rings (SSSR count). The van der Waals surface area contributed by atoms with Gasteiger partial charge in [0.1, 0.15) is 0 Å². The molecule has 0 atom stereocenters. The van der Waals surface area contributed by atoms with Crippen molar-refractivity contribution in [3.63, 3.8) is 0 Å². The molecule has 1 heterocycles. The lowest BCUT2D eigenvalue weighted by atomic mass is 10.0. The number of benzene rings is 1. The second kappa shape index (κ2) is 3.37. The van der Waals surface area contributed by atoms with E-state index in [1.165, 1.54) is 11.1 Å². The van der Waals surface area contributed by atoms with Crippen molar-refractivity contribution in [2.75, 3.05) is 5.73 Å². The Kier molecular flexibility index (Phi) is 2.20. The van der Waals surface area contributed by atoms with Crippen LogP contribution in [-0.4, -0.2) is 0 Å². The van der Waals surface area contributed by atoms with E-state index in [2.05, 4.69) is 19.9 Å². The third-order valence-corrected chi connectivity index (χ3v) is 2.59. The number of nitrogen functional groups attached to an aromatic ring is 1. The molecule has 0 bridgehead atoms. The second-order valence-electron chi connectivity index (χ2n) is 3.68. The Labute approximate surface area is 83.7 Å². The molecular weight excluding hydrogens is 174 g/mol. The average Bonchev–Trinajstić information content (AvgIpc) is 2.63. The number of aryl methyl sites for hydroxylation is 2. The van der Waals surface area contributed by atoms with Gasteiger partial charge in [-0.15, -0.1) is 0 Å². The van der Waals surface area contributed by atoms with Crippen LogP contribution in [0.25, 0.3) is 11.0 Å². The molecule has 0 aliphatic heterocycles. The quantitative estimate of drug-likeness (QED) is 0.736. The summed E-state index contributed by atoms with van der Waals surface area (Å²) >= 11 is 0. The third kappa shape index (κ3) is 1.27. The van der Waals surface area contributed by atoms with E-state index in [-0.39, 0.29) is 0 Å². The van der Waals surface area contributed by atoms with Crippen molar-refractivity contribution in [2.45, 2.75) is 26.7 Å². The summed E-state index contributed by atoms with van der Waals surface area (Å²) in [5.41, 5.74) is 10.1. The van der Waals surface area contributed by atoms with Gasteiger partial charge in [0, 0.05) is 5.39 Å². The number of furan rings is 1. The van der Waals surface area contributed by atoms with E-state index in [1.54, 1.807) is 6.26 Å². The number of hydrogen-bond donors (Lipinski definition) is 1. The number of anilines is 1. The summed E-state index contributed by atoms with van der Waals surface area (Å²) in [6.07, 6.45) is 3.82. The van der Waals surface area contributed by atoms with Crippen LogP contribution < -0.4 is 5.73 Å². The molecule has 2 N–H and O–H groups in total. The highest BCUT2D eigenvalue weighted by atomic mass is 16.3. The maximum Gasteiger partial charge on any atom is 0.157 e. The summed E-state index contributed by atoms with van der Waals surface area (Å²) in [4.78, 5) is 0. The van der Waals surface area contributed by atoms with Crippen molar-refractivity contribution < 1.29 is 4.42 Å². The normalized spacial score (nSPS) is 11.0. The molecule has 0 amide bonds. The smallest absolute Gasteiger partial charge is 0.157 e. The van der Waals surface area contributed by atoms with Gasteiger partial charge in [-0.25, -0.2) is 0 Å². The number of nitrogens with two attached hydrogens (primary N) is 1. The minimum Gasteiger partial charge on any atom is -0.462 e. The van der Waals surface area contributed by atoms with Gasteiger partial charge in [-0.2, -0.15) is 0 Å². The lowest BCUT2D eigenvalue weighted by Gasteiger charge is -2.06. The summed E-state index contributed by atoms with van der Waals surface area (Å²) in [5, 5.41) is 1.13. The summed E-state index contributed by atoms with van der Waals surface area (Å²) in [6, 6.07) is 4.13. The fraction of sp³-hybridized carbons (Fsp3) is 0.333. The predicted molar refractivity (Wildman–Crippen MR) is 59.4 cm³/mol. The molecule has 1 aromatic heterocycles. The van der Waals surface area contributed by atoms with E-state index in [9.17, 15) is 0 Å². The third-order valence-electron chi connectivity index (χ3n) is 2.59. The van der Waals surface area contributed by atoms with E-state index in [0.29, 0.717) is 0 Å². The minimum atomic E-state index is 0.803. The van der Waals surface area contributed by atoms with E-state index < -0.39 is 0 Å². The maximum absolute atomic E-state index is 6.02. The van der Waals surface area contributed by atoms with Crippen molar-refractivity contribution in [2.24, 2.45) is 0 Å². The molecule has 0 fully saturated rings. The Morgan fingerprint density at radius 2 is 2.21 bits per heavy atom. The van der Waals surface area contributed by atoms with Gasteiger partial charge in [0.15, 0.2) is 5.58 Å². The first-order valence-corrected chi connectivity index (χ1v) is 4.99. The lowest BCUT2D eigenvalue weighted by molar-refractivity contribution is 0.616. The van der Waals surface area contributed by atoms with Crippen LogP contribution >= 0.6 is 0 Å². The zero-order valence-electron chi connectivity index (χ0n) is 8.63. The summed E-state index contributed by atoms with van der Waals surface area (Å²) in [6.45, 7) is 4.25. The first-order valence-electron chi connectivity index (χ1n) is 4.99. The Bertz CT molecular complexity index is 457. The highest BCUT2D eigenvalue weighted by Crippen LogP contribution is 2.29. The van der Waals surface area contributed by atoms with Crippen molar-refractivity contribution in [1.82, 2.24) is 0 Å².